The Bertz CT molecular complexity index is 368. The van der Waals surface area contributed by atoms with Crippen LogP contribution in [-0.4, -0.2) is 42.5 Å². The highest BCUT2D eigenvalue weighted by Crippen LogP contribution is 2.12. The molecule has 1 atom stereocenters. The molecular weight excluding hydrogens is 270 g/mol. The summed E-state index contributed by atoms with van der Waals surface area (Å²) in [6.07, 6.45) is 1.61. The van der Waals surface area contributed by atoms with Crippen molar-refractivity contribution in [1.29, 1.82) is 0 Å². The summed E-state index contributed by atoms with van der Waals surface area (Å²) in [6.45, 7) is 2.77. The second-order valence-corrected chi connectivity index (χ2v) is 4.82. The molecule has 4 nitrogen and oxygen atoms in total. The molecule has 0 saturated heterocycles. The summed E-state index contributed by atoms with van der Waals surface area (Å²) in [5.41, 5.74) is 0.424. The number of carbonyl (C=O) groups is 1. The van der Waals surface area contributed by atoms with Crippen molar-refractivity contribution in [2.24, 2.45) is 0 Å². The fourth-order valence-corrected chi connectivity index (χ4v) is 1.87. The molecule has 0 bridgehead atoms. The van der Waals surface area contributed by atoms with Gasteiger partial charge in [-0.1, -0.05) is 0 Å². The Labute approximate surface area is 104 Å². The molecule has 1 aromatic rings. The van der Waals surface area contributed by atoms with Gasteiger partial charge in [0.15, 0.2) is 0 Å². The van der Waals surface area contributed by atoms with E-state index < -0.39 is 0 Å². The molecule has 0 aromatic carbocycles. The van der Waals surface area contributed by atoms with Gasteiger partial charge in [-0.25, -0.2) is 4.98 Å². The lowest BCUT2D eigenvalue weighted by atomic mass is 10.3. The minimum atomic E-state index is -0.151. The quantitative estimate of drug-likeness (QED) is 0.913. The number of nitrogens with zero attached hydrogens (tertiary/aromatic N) is 2. The highest BCUT2D eigenvalue weighted by molar-refractivity contribution is 9.10. The lowest BCUT2D eigenvalue weighted by Gasteiger charge is -2.18. The van der Waals surface area contributed by atoms with E-state index in [9.17, 15) is 4.79 Å². The van der Waals surface area contributed by atoms with E-state index in [0.717, 1.165) is 6.54 Å². The number of likely N-dealkylation sites (N-methyl/N-ethyl adjacent to an activating group) is 1. The standard InChI is InChI=1S/C11H16BrN3O/c1-8(7-15(2)3)14-11(16)10-9(12)5-4-6-13-10/h4-6,8H,7H2,1-3H3,(H,14,16). The van der Waals surface area contributed by atoms with Gasteiger partial charge >= 0.3 is 0 Å². The molecule has 0 radical (unpaired) electrons. The number of halogens is 1. The Morgan fingerprint density at radius 3 is 2.88 bits per heavy atom. The predicted octanol–water partition coefficient (Wildman–Crippen LogP) is 1.52. The van der Waals surface area contributed by atoms with E-state index in [1.165, 1.54) is 0 Å². The van der Waals surface area contributed by atoms with E-state index >= 15 is 0 Å². The first-order valence-electron chi connectivity index (χ1n) is 5.07. The number of hydrogen-bond acceptors (Lipinski definition) is 3. The smallest absolute Gasteiger partial charge is 0.271 e. The highest BCUT2D eigenvalue weighted by atomic mass is 79.9. The summed E-state index contributed by atoms with van der Waals surface area (Å²) in [4.78, 5) is 17.9. The van der Waals surface area contributed by atoms with E-state index in [-0.39, 0.29) is 11.9 Å². The van der Waals surface area contributed by atoms with Crippen LogP contribution in [-0.2, 0) is 0 Å². The molecule has 16 heavy (non-hydrogen) atoms. The maximum absolute atomic E-state index is 11.8. The van der Waals surface area contributed by atoms with Crippen molar-refractivity contribution in [3.05, 3.63) is 28.5 Å². The molecule has 0 aliphatic rings. The van der Waals surface area contributed by atoms with Gasteiger partial charge in [0.25, 0.3) is 5.91 Å². The number of rotatable bonds is 4. The van der Waals surface area contributed by atoms with Gasteiger partial charge in [0.2, 0.25) is 0 Å². The molecule has 0 spiro atoms. The van der Waals surface area contributed by atoms with Crippen LogP contribution in [0.4, 0.5) is 0 Å². The number of amides is 1. The van der Waals surface area contributed by atoms with Crippen LogP contribution in [0.3, 0.4) is 0 Å². The molecule has 5 heteroatoms. The van der Waals surface area contributed by atoms with Crippen molar-refractivity contribution in [3.8, 4) is 0 Å². The molecule has 1 heterocycles. The van der Waals surface area contributed by atoms with Gasteiger partial charge in [-0.2, -0.15) is 0 Å². The lowest BCUT2D eigenvalue weighted by molar-refractivity contribution is 0.0928. The van der Waals surface area contributed by atoms with E-state index in [1.54, 1.807) is 18.3 Å². The largest absolute Gasteiger partial charge is 0.347 e. The number of aromatic nitrogens is 1. The summed E-state index contributed by atoms with van der Waals surface area (Å²) in [6, 6.07) is 3.68. The molecule has 1 N–H and O–H groups in total. The molecule has 1 aromatic heterocycles. The van der Waals surface area contributed by atoms with Gasteiger partial charge < -0.3 is 10.2 Å². The second kappa shape index (κ2) is 5.96. The first-order valence-corrected chi connectivity index (χ1v) is 5.86. The average molecular weight is 286 g/mol. The molecule has 0 fully saturated rings. The first kappa shape index (κ1) is 13.1. The van der Waals surface area contributed by atoms with Crippen molar-refractivity contribution in [1.82, 2.24) is 15.2 Å². The van der Waals surface area contributed by atoms with Gasteiger partial charge in [-0.3, -0.25) is 4.79 Å². The predicted molar refractivity (Wildman–Crippen MR) is 67.4 cm³/mol. The zero-order valence-electron chi connectivity index (χ0n) is 9.70. The maximum Gasteiger partial charge on any atom is 0.271 e. The van der Waals surface area contributed by atoms with Crippen molar-refractivity contribution < 1.29 is 4.79 Å². The zero-order chi connectivity index (χ0) is 12.1. The van der Waals surface area contributed by atoms with Gasteiger partial charge in [0.05, 0.1) is 0 Å². The van der Waals surface area contributed by atoms with Gasteiger partial charge in [-0.15, -0.1) is 0 Å². The fourth-order valence-electron chi connectivity index (χ4n) is 1.44. The van der Waals surface area contributed by atoms with Crippen molar-refractivity contribution in [3.63, 3.8) is 0 Å². The van der Waals surface area contributed by atoms with Crippen LogP contribution in [0.5, 0.6) is 0 Å². The van der Waals surface area contributed by atoms with Crippen LogP contribution in [0, 0.1) is 0 Å². The number of nitrogens with one attached hydrogen (secondary N) is 1. The van der Waals surface area contributed by atoms with Gasteiger partial charge in [0, 0.05) is 23.3 Å². The molecule has 1 rings (SSSR count). The second-order valence-electron chi connectivity index (χ2n) is 3.97. The van der Waals surface area contributed by atoms with Crippen molar-refractivity contribution >= 4 is 21.8 Å². The summed E-state index contributed by atoms with van der Waals surface area (Å²) in [7, 11) is 3.94. The van der Waals surface area contributed by atoms with Crippen LogP contribution >= 0.6 is 15.9 Å². The van der Waals surface area contributed by atoms with E-state index in [2.05, 4.69) is 26.2 Å². The molecule has 0 saturated carbocycles. The Morgan fingerprint density at radius 2 is 2.31 bits per heavy atom. The average Bonchev–Trinajstić information content (AvgIpc) is 2.16. The van der Waals surface area contributed by atoms with Crippen LogP contribution < -0.4 is 5.32 Å². The van der Waals surface area contributed by atoms with Crippen LogP contribution in [0.25, 0.3) is 0 Å². The minimum Gasteiger partial charge on any atom is -0.347 e. The third-order valence-electron chi connectivity index (χ3n) is 1.99. The summed E-state index contributed by atoms with van der Waals surface area (Å²) < 4.78 is 0.713. The highest BCUT2D eigenvalue weighted by Gasteiger charge is 2.13. The summed E-state index contributed by atoms with van der Waals surface area (Å²) >= 11 is 3.30. The number of pyridine rings is 1. The van der Waals surface area contributed by atoms with Crippen molar-refractivity contribution in [2.45, 2.75) is 13.0 Å². The zero-order valence-corrected chi connectivity index (χ0v) is 11.3. The summed E-state index contributed by atoms with van der Waals surface area (Å²) in [5.74, 6) is -0.151. The summed E-state index contributed by atoms with van der Waals surface area (Å²) in [5, 5.41) is 2.90. The fraction of sp³-hybridized carbons (Fsp3) is 0.455. The SMILES string of the molecule is CC(CN(C)C)NC(=O)c1ncccc1Br. The van der Waals surface area contributed by atoms with E-state index in [1.807, 2.05) is 25.9 Å². The molecule has 0 aliphatic heterocycles. The van der Waals surface area contributed by atoms with Crippen LogP contribution in [0.2, 0.25) is 0 Å². The molecule has 1 amide bonds. The molecule has 88 valence electrons. The van der Waals surface area contributed by atoms with Gasteiger partial charge in [0.1, 0.15) is 5.69 Å². The Kier molecular flexibility index (Phi) is 4.89. The Hall–Kier alpha value is -0.940. The van der Waals surface area contributed by atoms with Crippen LogP contribution in [0.1, 0.15) is 17.4 Å². The topological polar surface area (TPSA) is 45.2 Å². The maximum atomic E-state index is 11.8. The Morgan fingerprint density at radius 1 is 1.62 bits per heavy atom. The first-order chi connectivity index (χ1) is 7.50. The molecule has 1 unspecified atom stereocenters. The lowest BCUT2D eigenvalue weighted by Crippen LogP contribution is -2.39. The molecule has 0 aliphatic carbocycles. The number of hydrogen-bond donors (Lipinski definition) is 1. The third kappa shape index (κ3) is 3.90. The monoisotopic (exact) mass is 285 g/mol. The van der Waals surface area contributed by atoms with E-state index in [4.69, 9.17) is 0 Å². The Balaban J connectivity index is 2.63. The normalized spacial score (nSPS) is 12.6. The third-order valence-corrected chi connectivity index (χ3v) is 2.63. The minimum absolute atomic E-state index is 0.0939. The van der Waals surface area contributed by atoms with Crippen LogP contribution in [0.15, 0.2) is 22.8 Å². The van der Waals surface area contributed by atoms with Gasteiger partial charge in [-0.05, 0) is 49.1 Å². The van der Waals surface area contributed by atoms with Crippen molar-refractivity contribution in [2.75, 3.05) is 20.6 Å². The van der Waals surface area contributed by atoms with E-state index in [0.29, 0.717) is 10.2 Å². The molecular formula is C11H16BrN3O. The number of carbonyl (C=O) groups excluding carboxylic acids is 1.